The van der Waals surface area contributed by atoms with Crippen LogP contribution in [0.5, 0.6) is 0 Å². The van der Waals surface area contributed by atoms with Gasteiger partial charge in [0.1, 0.15) is 5.82 Å². The second-order valence-electron chi connectivity index (χ2n) is 3.90. The molecule has 3 nitrogen and oxygen atoms in total. The first-order valence-electron chi connectivity index (χ1n) is 5.08. The zero-order valence-corrected chi connectivity index (χ0v) is 10.6. The van der Waals surface area contributed by atoms with Crippen LogP contribution in [0.2, 0.25) is 0 Å². The van der Waals surface area contributed by atoms with E-state index in [2.05, 4.69) is 22.1 Å². The summed E-state index contributed by atoms with van der Waals surface area (Å²) in [6.07, 6.45) is 2.61. The number of fused-ring (bicyclic) bond motifs is 1. The molecule has 0 fully saturated rings. The first-order valence-corrected chi connectivity index (χ1v) is 6.16. The van der Waals surface area contributed by atoms with Gasteiger partial charge in [-0.25, -0.2) is 4.98 Å². The number of aromatic nitrogens is 2. The third-order valence-corrected chi connectivity index (χ3v) is 3.73. The Labute approximate surface area is 106 Å². The van der Waals surface area contributed by atoms with Gasteiger partial charge in [0, 0.05) is 12.1 Å². The fraction of sp³-hybridized carbons (Fsp3) is 0.167. The van der Waals surface area contributed by atoms with Gasteiger partial charge in [-0.3, -0.25) is 4.79 Å². The number of hydrogen-bond acceptors (Lipinski definition) is 2. The molecule has 1 N–H and O–H groups in total. The summed E-state index contributed by atoms with van der Waals surface area (Å²) in [6, 6.07) is 8.28. The molecule has 1 aliphatic carbocycles. The van der Waals surface area contributed by atoms with Crippen LogP contribution in [0.15, 0.2) is 35.3 Å². The molecule has 0 radical (unpaired) electrons. The topological polar surface area (TPSA) is 45.8 Å². The number of aromatic amines is 1. The van der Waals surface area contributed by atoms with E-state index in [1.54, 1.807) is 6.20 Å². The predicted octanol–water partition coefficient (Wildman–Crippen LogP) is 2.06. The molecule has 80 valence electrons. The molecule has 1 aromatic heterocycles. The summed E-state index contributed by atoms with van der Waals surface area (Å²) in [7, 11) is 0. The largest absolute Gasteiger partial charge is 0.309 e. The number of nitrogens with zero attached hydrogens (tertiary/aromatic N) is 1. The van der Waals surface area contributed by atoms with Crippen molar-refractivity contribution in [3.63, 3.8) is 0 Å². The normalized spacial score (nSPS) is 17.7. The highest BCUT2D eigenvalue weighted by Crippen LogP contribution is 2.37. The molecule has 1 unspecified atom stereocenters. The molecule has 0 saturated carbocycles. The molecule has 0 amide bonds. The molecular weight excluding hydrogens is 315 g/mol. The molecule has 4 heteroatoms. The molecule has 0 saturated heterocycles. The summed E-state index contributed by atoms with van der Waals surface area (Å²) >= 11 is 1.99. The molecular formula is C12H9IN2O. The Morgan fingerprint density at radius 3 is 2.94 bits per heavy atom. The van der Waals surface area contributed by atoms with Crippen molar-refractivity contribution in [2.24, 2.45) is 0 Å². The lowest BCUT2D eigenvalue weighted by Gasteiger charge is -2.28. The summed E-state index contributed by atoms with van der Waals surface area (Å²) in [5.41, 5.74) is 2.59. The Morgan fingerprint density at radius 1 is 1.38 bits per heavy atom. The monoisotopic (exact) mass is 324 g/mol. The van der Waals surface area contributed by atoms with Crippen molar-refractivity contribution in [2.45, 2.75) is 12.3 Å². The number of rotatable bonds is 1. The lowest BCUT2D eigenvalue weighted by atomic mass is 9.77. The highest BCUT2D eigenvalue weighted by Gasteiger charge is 2.28. The van der Waals surface area contributed by atoms with E-state index in [9.17, 15) is 4.79 Å². The van der Waals surface area contributed by atoms with Crippen LogP contribution in [-0.4, -0.2) is 9.97 Å². The van der Waals surface area contributed by atoms with E-state index in [4.69, 9.17) is 0 Å². The van der Waals surface area contributed by atoms with Gasteiger partial charge in [-0.05, 0) is 40.1 Å². The standard InChI is InChI=1S/C12H9IN2O/c13-10-6-14-11(15-12(10)16)9-5-7-3-1-2-4-8(7)9/h1-4,6,9H,5H2,(H,14,15,16). The van der Waals surface area contributed by atoms with Crippen molar-refractivity contribution in [3.8, 4) is 0 Å². The van der Waals surface area contributed by atoms with Crippen LogP contribution in [0.1, 0.15) is 22.9 Å². The van der Waals surface area contributed by atoms with Gasteiger partial charge in [0.25, 0.3) is 5.56 Å². The third-order valence-electron chi connectivity index (χ3n) is 2.96. The summed E-state index contributed by atoms with van der Waals surface area (Å²) in [4.78, 5) is 18.6. The van der Waals surface area contributed by atoms with Gasteiger partial charge in [-0.15, -0.1) is 0 Å². The smallest absolute Gasteiger partial charge is 0.264 e. The number of nitrogens with one attached hydrogen (secondary N) is 1. The molecule has 1 aromatic carbocycles. The lowest BCUT2D eigenvalue weighted by molar-refractivity contribution is 0.655. The van der Waals surface area contributed by atoms with Crippen LogP contribution in [-0.2, 0) is 6.42 Å². The Balaban J connectivity index is 2.03. The maximum Gasteiger partial charge on any atom is 0.264 e. The molecule has 1 aliphatic rings. The molecule has 1 heterocycles. The SMILES string of the molecule is O=c1[nH]c(C2Cc3ccccc32)ncc1I. The van der Waals surface area contributed by atoms with Crippen LogP contribution in [0.4, 0.5) is 0 Å². The minimum Gasteiger partial charge on any atom is -0.309 e. The van der Waals surface area contributed by atoms with Gasteiger partial charge in [0.05, 0.1) is 3.57 Å². The molecule has 0 spiro atoms. The van der Waals surface area contributed by atoms with Crippen molar-refractivity contribution in [1.29, 1.82) is 0 Å². The quantitative estimate of drug-likeness (QED) is 0.816. The van der Waals surface area contributed by atoms with Crippen molar-refractivity contribution < 1.29 is 0 Å². The number of H-pyrrole nitrogens is 1. The maximum absolute atomic E-state index is 11.5. The van der Waals surface area contributed by atoms with E-state index < -0.39 is 0 Å². The zero-order chi connectivity index (χ0) is 11.1. The molecule has 1 atom stereocenters. The van der Waals surface area contributed by atoms with E-state index in [-0.39, 0.29) is 11.5 Å². The highest BCUT2D eigenvalue weighted by molar-refractivity contribution is 14.1. The van der Waals surface area contributed by atoms with Gasteiger partial charge < -0.3 is 4.98 Å². The van der Waals surface area contributed by atoms with Crippen LogP contribution in [0, 0.1) is 3.57 Å². The summed E-state index contributed by atoms with van der Waals surface area (Å²) in [5, 5.41) is 0. The highest BCUT2D eigenvalue weighted by atomic mass is 127. The second kappa shape index (κ2) is 3.69. The van der Waals surface area contributed by atoms with E-state index in [1.165, 1.54) is 11.1 Å². The maximum atomic E-state index is 11.5. The van der Waals surface area contributed by atoms with Gasteiger partial charge in [0.15, 0.2) is 0 Å². The molecule has 0 aliphatic heterocycles. The number of hydrogen-bond donors (Lipinski definition) is 1. The predicted molar refractivity (Wildman–Crippen MR) is 69.6 cm³/mol. The van der Waals surface area contributed by atoms with Crippen molar-refractivity contribution in [1.82, 2.24) is 9.97 Å². The Hall–Kier alpha value is -1.17. The average Bonchev–Trinajstić information content (AvgIpc) is 2.25. The molecule has 2 aromatic rings. The van der Waals surface area contributed by atoms with Crippen molar-refractivity contribution in [2.75, 3.05) is 0 Å². The summed E-state index contributed by atoms with van der Waals surface area (Å²) in [6.45, 7) is 0. The molecule has 16 heavy (non-hydrogen) atoms. The first kappa shape index (κ1) is 10.0. The van der Waals surface area contributed by atoms with Crippen LogP contribution >= 0.6 is 22.6 Å². The zero-order valence-electron chi connectivity index (χ0n) is 8.40. The van der Waals surface area contributed by atoms with E-state index >= 15 is 0 Å². The number of halogens is 1. The van der Waals surface area contributed by atoms with Crippen LogP contribution in [0.25, 0.3) is 0 Å². The Kier molecular flexibility index (Phi) is 2.31. The number of benzene rings is 1. The third kappa shape index (κ3) is 1.48. The van der Waals surface area contributed by atoms with Crippen molar-refractivity contribution in [3.05, 3.63) is 61.3 Å². The molecule has 3 rings (SSSR count). The van der Waals surface area contributed by atoms with Crippen molar-refractivity contribution >= 4 is 22.6 Å². The summed E-state index contributed by atoms with van der Waals surface area (Å²) < 4.78 is 0.633. The van der Waals surface area contributed by atoms with Gasteiger partial charge in [0.2, 0.25) is 0 Å². The van der Waals surface area contributed by atoms with Gasteiger partial charge in [-0.2, -0.15) is 0 Å². The minimum atomic E-state index is -0.0463. The van der Waals surface area contributed by atoms with Crippen LogP contribution in [0.3, 0.4) is 0 Å². The Bertz CT molecular complexity index is 606. The van der Waals surface area contributed by atoms with Gasteiger partial charge >= 0.3 is 0 Å². The molecule has 0 bridgehead atoms. The van der Waals surface area contributed by atoms with Gasteiger partial charge in [-0.1, -0.05) is 24.3 Å². The van der Waals surface area contributed by atoms with E-state index in [0.717, 1.165) is 12.2 Å². The minimum absolute atomic E-state index is 0.0463. The fourth-order valence-electron chi connectivity index (χ4n) is 2.07. The summed E-state index contributed by atoms with van der Waals surface area (Å²) in [5.74, 6) is 1.05. The average molecular weight is 324 g/mol. The fourth-order valence-corrected chi connectivity index (χ4v) is 2.35. The van der Waals surface area contributed by atoms with Crippen LogP contribution < -0.4 is 5.56 Å². The van der Waals surface area contributed by atoms with E-state index in [1.807, 2.05) is 34.7 Å². The van der Waals surface area contributed by atoms with E-state index in [0.29, 0.717) is 3.57 Å². The Morgan fingerprint density at radius 2 is 2.19 bits per heavy atom. The second-order valence-corrected chi connectivity index (χ2v) is 5.06. The first-order chi connectivity index (χ1) is 7.75. The lowest BCUT2D eigenvalue weighted by Crippen LogP contribution is -2.24.